The van der Waals surface area contributed by atoms with E-state index in [9.17, 15) is 13.6 Å². The van der Waals surface area contributed by atoms with Gasteiger partial charge in [-0.3, -0.25) is 0 Å². The van der Waals surface area contributed by atoms with Crippen LogP contribution in [0, 0.1) is 24.5 Å². The number of urea groups is 1. The average Bonchev–Trinajstić information content (AvgIpc) is 3.16. The number of carbonyl (C=O) groups excluding carboxylic acids is 1. The Hall–Kier alpha value is -2.15. The number of aromatic nitrogens is 1. The minimum absolute atomic E-state index is 0.151. The maximum atomic E-state index is 13.8. The van der Waals surface area contributed by atoms with Crippen LogP contribution in [0.15, 0.2) is 12.1 Å². The van der Waals surface area contributed by atoms with Crippen LogP contribution in [-0.4, -0.2) is 49.3 Å². The minimum atomic E-state index is -0.605. The van der Waals surface area contributed by atoms with Gasteiger partial charge in [0.2, 0.25) is 0 Å². The van der Waals surface area contributed by atoms with Crippen LogP contribution in [0.5, 0.6) is 0 Å². The monoisotopic (exact) mass is 351 g/mol. The van der Waals surface area contributed by atoms with Gasteiger partial charge in [-0.1, -0.05) is 0 Å². The van der Waals surface area contributed by atoms with Crippen molar-refractivity contribution in [2.75, 3.05) is 33.4 Å². The number of nitrogens with zero attached hydrogens (tertiary/aromatic N) is 1. The number of hydrogen-bond donors (Lipinski definition) is 2. The van der Waals surface area contributed by atoms with Crippen LogP contribution < -0.4 is 5.32 Å². The van der Waals surface area contributed by atoms with Crippen LogP contribution in [0.25, 0.3) is 10.9 Å². The molecule has 7 heteroatoms. The van der Waals surface area contributed by atoms with E-state index in [0.29, 0.717) is 42.9 Å². The molecule has 2 heterocycles. The molecule has 1 aliphatic heterocycles. The van der Waals surface area contributed by atoms with Crippen molar-refractivity contribution in [1.82, 2.24) is 15.2 Å². The largest absolute Gasteiger partial charge is 0.381 e. The maximum absolute atomic E-state index is 13.8. The highest BCUT2D eigenvalue weighted by Gasteiger charge is 2.20. The number of aromatic amines is 1. The van der Waals surface area contributed by atoms with Crippen molar-refractivity contribution >= 4 is 16.9 Å². The highest BCUT2D eigenvalue weighted by atomic mass is 19.1. The van der Waals surface area contributed by atoms with E-state index in [1.54, 1.807) is 11.9 Å². The number of nitrogens with one attached hydrogen (secondary N) is 2. The van der Waals surface area contributed by atoms with Crippen molar-refractivity contribution in [3.05, 3.63) is 35.0 Å². The van der Waals surface area contributed by atoms with Gasteiger partial charge >= 0.3 is 6.03 Å². The second-order valence-corrected chi connectivity index (χ2v) is 6.63. The van der Waals surface area contributed by atoms with Crippen LogP contribution in [-0.2, 0) is 11.2 Å². The van der Waals surface area contributed by atoms with Crippen molar-refractivity contribution in [2.24, 2.45) is 5.92 Å². The summed E-state index contributed by atoms with van der Waals surface area (Å²) in [5.74, 6) is -0.822. The lowest BCUT2D eigenvalue weighted by atomic mass is 10.1. The molecular weight excluding hydrogens is 328 g/mol. The van der Waals surface area contributed by atoms with Gasteiger partial charge in [0.1, 0.15) is 11.6 Å². The van der Waals surface area contributed by atoms with Crippen LogP contribution in [0.4, 0.5) is 13.6 Å². The van der Waals surface area contributed by atoms with E-state index in [2.05, 4.69) is 10.3 Å². The summed E-state index contributed by atoms with van der Waals surface area (Å²) in [7, 11) is 1.76. The number of benzene rings is 1. The fourth-order valence-electron chi connectivity index (χ4n) is 3.35. The molecule has 0 bridgehead atoms. The van der Waals surface area contributed by atoms with Gasteiger partial charge in [-0.25, -0.2) is 13.6 Å². The lowest BCUT2D eigenvalue weighted by molar-refractivity contribution is 0.171. The van der Waals surface area contributed by atoms with E-state index in [0.717, 1.165) is 30.4 Å². The molecule has 1 fully saturated rings. The fraction of sp³-hybridized carbons (Fsp3) is 0.500. The summed E-state index contributed by atoms with van der Waals surface area (Å²) in [6.07, 6.45) is 1.48. The molecule has 0 spiro atoms. The summed E-state index contributed by atoms with van der Waals surface area (Å²) in [6.45, 7) is 4.34. The summed E-state index contributed by atoms with van der Waals surface area (Å²) in [4.78, 5) is 16.8. The number of aryl methyl sites for hydroxylation is 1. The van der Waals surface area contributed by atoms with Gasteiger partial charge < -0.3 is 19.9 Å². The van der Waals surface area contributed by atoms with E-state index in [4.69, 9.17) is 4.74 Å². The molecule has 5 nitrogen and oxygen atoms in total. The number of fused-ring (bicyclic) bond motifs is 1. The summed E-state index contributed by atoms with van der Waals surface area (Å²) in [5.41, 5.74) is 1.91. The van der Waals surface area contributed by atoms with E-state index >= 15 is 0 Å². The normalized spacial score (nSPS) is 17.2. The fourth-order valence-corrected chi connectivity index (χ4v) is 3.35. The van der Waals surface area contributed by atoms with Gasteiger partial charge in [0.15, 0.2) is 0 Å². The van der Waals surface area contributed by atoms with Crippen molar-refractivity contribution in [3.8, 4) is 0 Å². The molecule has 0 aliphatic carbocycles. The first kappa shape index (κ1) is 17.7. The Labute approximate surface area is 145 Å². The number of H-pyrrole nitrogens is 1. The maximum Gasteiger partial charge on any atom is 0.317 e. The Morgan fingerprint density at radius 1 is 1.44 bits per heavy atom. The van der Waals surface area contributed by atoms with Gasteiger partial charge in [0, 0.05) is 49.8 Å². The summed E-state index contributed by atoms with van der Waals surface area (Å²) in [6, 6.07) is 2.04. The molecule has 1 atom stereocenters. The number of amides is 2. The summed E-state index contributed by atoms with van der Waals surface area (Å²) in [5, 5.41) is 3.39. The van der Waals surface area contributed by atoms with E-state index < -0.39 is 11.6 Å². The molecule has 2 aromatic rings. The van der Waals surface area contributed by atoms with E-state index in [1.807, 2.05) is 6.92 Å². The zero-order chi connectivity index (χ0) is 18.0. The Morgan fingerprint density at radius 2 is 2.24 bits per heavy atom. The molecular formula is C18H23F2N3O2. The lowest BCUT2D eigenvalue weighted by Crippen LogP contribution is -2.40. The third-order valence-corrected chi connectivity index (χ3v) is 4.70. The van der Waals surface area contributed by atoms with Crippen molar-refractivity contribution in [3.63, 3.8) is 0 Å². The van der Waals surface area contributed by atoms with Gasteiger partial charge in [-0.15, -0.1) is 0 Å². The number of hydrogen-bond acceptors (Lipinski definition) is 2. The van der Waals surface area contributed by atoms with E-state index in [-0.39, 0.29) is 6.03 Å². The standard InChI is InChI=1S/C18H23F2N3O2/c1-11-14(15-7-13(19)8-16(20)17(15)22-11)3-5-21-18(24)23(2)9-12-4-6-25-10-12/h7-8,12,22H,3-6,9-10H2,1-2H3,(H,21,24). The number of rotatable bonds is 5. The summed E-state index contributed by atoms with van der Waals surface area (Å²) >= 11 is 0. The molecule has 3 rings (SSSR count). The molecule has 1 saturated heterocycles. The van der Waals surface area contributed by atoms with Crippen molar-refractivity contribution in [2.45, 2.75) is 19.8 Å². The molecule has 0 saturated carbocycles. The smallest absolute Gasteiger partial charge is 0.317 e. The van der Waals surface area contributed by atoms with Crippen molar-refractivity contribution in [1.29, 1.82) is 0 Å². The van der Waals surface area contributed by atoms with Crippen LogP contribution in [0.3, 0.4) is 0 Å². The minimum Gasteiger partial charge on any atom is -0.381 e. The Morgan fingerprint density at radius 3 is 2.96 bits per heavy atom. The Kier molecular flexibility index (Phi) is 5.22. The molecule has 25 heavy (non-hydrogen) atoms. The Bertz CT molecular complexity index is 769. The molecule has 136 valence electrons. The quantitative estimate of drug-likeness (QED) is 0.870. The first-order valence-electron chi connectivity index (χ1n) is 8.48. The van der Waals surface area contributed by atoms with Gasteiger partial charge in [-0.05, 0) is 31.4 Å². The van der Waals surface area contributed by atoms with Gasteiger partial charge in [0.25, 0.3) is 0 Å². The third kappa shape index (κ3) is 3.92. The second-order valence-electron chi connectivity index (χ2n) is 6.63. The number of carbonyl (C=O) groups is 1. The predicted molar refractivity (Wildman–Crippen MR) is 91.6 cm³/mol. The first-order chi connectivity index (χ1) is 12.0. The SMILES string of the molecule is Cc1[nH]c2c(F)cc(F)cc2c1CCNC(=O)N(C)CC1CCOC1. The molecule has 1 aromatic heterocycles. The molecule has 0 radical (unpaired) electrons. The van der Waals surface area contributed by atoms with Crippen molar-refractivity contribution < 1.29 is 18.3 Å². The first-order valence-corrected chi connectivity index (χ1v) is 8.48. The zero-order valence-electron chi connectivity index (χ0n) is 14.5. The number of halogens is 2. The average molecular weight is 351 g/mol. The summed E-state index contributed by atoms with van der Waals surface area (Å²) < 4.78 is 32.6. The van der Waals surface area contributed by atoms with E-state index in [1.165, 1.54) is 6.07 Å². The predicted octanol–water partition coefficient (Wildman–Crippen LogP) is 2.97. The second kappa shape index (κ2) is 7.39. The molecule has 1 aromatic carbocycles. The van der Waals surface area contributed by atoms with Gasteiger partial charge in [-0.2, -0.15) is 0 Å². The molecule has 1 unspecified atom stereocenters. The highest BCUT2D eigenvalue weighted by Crippen LogP contribution is 2.25. The van der Waals surface area contributed by atoms with Gasteiger partial charge in [0.05, 0.1) is 12.1 Å². The molecule has 2 amide bonds. The zero-order valence-corrected chi connectivity index (χ0v) is 14.5. The highest BCUT2D eigenvalue weighted by molar-refractivity contribution is 5.85. The lowest BCUT2D eigenvalue weighted by Gasteiger charge is -2.20. The molecule has 2 N–H and O–H groups in total. The third-order valence-electron chi connectivity index (χ3n) is 4.70. The Balaban J connectivity index is 1.59. The van der Waals surface area contributed by atoms with Crippen LogP contribution in [0.1, 0.15) is 17.7 Å². The van der Waals surface area contributed by atoms with Crippen LogP contribution in [0.2, 0.25) is 0 Å². The topological polar surface area (TPSA) is 57.4 Å². The molecule has 1 aliphatic rings. The van der Waals surface area contributed by atoms with Crippen LogP contribution >= 0.6 is 0 Å². The number of ether oxygens (including phenoxy) is 1.